The molecule has 39 heavy (non-hydrogen) atoms. The predicted octanol–water partition coefficient (Wildman–Crippen LogP) is 4.27. The van der Waals surface area contributed by atoms with Crippen LogP contribution in [-0.2, 0) is 12.1 Å². The molecule has 0 saturated carbocycles. The van der Waals surface area contributed by atoms with Gasteiger partial charge in [0.15, 0.2) is 5.82 Å². The molecule has 0 bridgehead atoms. The third kappa shape index (κ3) is 5.71. The summed E-state index contributed by atoms with van der Waals surface area (Å²) < 4.78 is 42.2. The van der Waals surface area contributed by atoms with E-state index in [9.17, 15) is 18.3 Å². The number of thioether (sulfide) groups is 1. The van der Waals surface area contributed by atoms with E-state index in [0.717, 1.165) is 49.8 Å². The molecule has 0 aliphatic carbocycles. The fraction of sp³-hybridized carbons (Fsp3) is 0.333. The summed E-state index contributed by atoms with van der Waals surface area (Å²) in [4.78, 5) is 8.24. The van der Waals surface area contributed by atoms with Crippen LogP contribution in [0.2, 0.25) is 0 Å². The fourth-order valence-electron chi connectivity index (χ4n) is 4.70. The minimum Gasteiger partial charge on any atom is -0.382 e. The second-order valence-corrected chi connectivity index (χ2v) is 11.5. The van der Waals surface area contributed by atoms with Crippen LogP contribution in [0.1, 0.15) is 19.4 Å². The van der Waals surface area contributed by atoms with E-state index in [-0.39, 0.29) is 17.9 Å². The van der Waals surface area contributed by atoms with Crippen molar-refractivity contribution in [3.63, 3.8) is 0 Å². The van der Waals surface area contributed by atoms with Gasteiger partial charge in [0.05, 0.1) is 11.3 Å². The summed E-state index contributed by atoms with van der Waals surface area (Å²) in [5.41, 5.74) is -0.882. The molecule has 5 rings (SSSR count). The first kappa shape index (κ1) is 26.9. The predicted molar refractivity (Wildman–Crippen MR) is 143 cm³/mol. The van der Waals surface area contributed by atoms with E-state index >= 15 is 0 Å². The minimum absolute atomic E-state index is 0.0551. The lowest BCUT2D eigenvalue weighted by Crippen LogP contribution is -2.49. The Bertz CT molecular complexity index is 1400. The number of piperazine rings is 1. The minimum atomic E-state index is -1.81. The molecule has 2 aromatic heterocycles. The number of anilines is 2. The molecule has 1 saturated heterocycles. The largest absolute Gasteiger partial charge is 0.382 e. The van der Waals surface area contributed by atoms with Crippen LogP contribution in [0.15, 0.2) is 72.3 Å². The first-order valence-corrected chi connectivity index (χ1v) is 13.2. The number of hydrogen-bond donors (Lipinski definition) is 1. The molecule has 1 aliphatic heterocycles. The maximum absolute atomic E-state index is 14.9. The SMILES string of the molecule is CC(C)(Sc1ccc(N2CCN(c3ccc(F)cc3)CC2)nn1)C(O)(Cn1cncn1)c1ccc(F)cc1F. The number of nitrogens with zero attached hydrogens (tertiary/aromatic N) is 7. The molecule has 1 N–H and O–H groups in total. The zero-order valence-corrected chi connectivity index (χ0v) is 22.3. The van der Waals surface area contributed by atoms with E-state index in [4.69, 9.17) is 0 Å². The smallest absolute Gasteiger partial charge is 0.151 e. The van der Waals surface area contributed by atoms with Crippen molar-refractivity contribution in [1.29, 1.82) is 0 Å². The number of benzene rings is 2. The average molecular weight is 556 g/mol. The van der Waals surface area contributed by atoms with E-state index in [0.29, 0.717) is 5.03 Å². The molecular formula is C27H28F3N7OS. The van der Waals surface area contributed by atoms with Crippen molar-refractivity contribution >= 4 is 23.3 Å². The first-order valence-electron chi connectivity index (χ1n) is 12.4. The zero-order chi connectivity index (χ0) is 27.6. The monoisotopic (exact) mass is 555 g/mol. The highest BCUT2D eigenvalue weighted by Crippen LogP contribution is 2.47. The quantitative estimate of drug-likeness (QED) is 0.323. The lowest BCUT2D eigenvalue weighted by atomic mass is 9.82. The lowest BCUT2D eigenvalue weighted by molar-refractivity contribution is -0.0170. The summed E-state index contributed by atoms with van der Waals surface area (Å²) in [5.74, 6) is -1.12. The van der Waals surface area contributed by atoms with Gasteiger partial charge in [-0.3, -0.25) is 0 Å². The summed E-state index contributed by atoms with van der Waals surface area (Å²) in [7, 11) is 0. The topological polar surface area (TPSA) is 83.2 Å². The Morgan fingerprint density at radius 3 is 2.18 bits per heavy atom. The van der Waals surface area contributed by atoms with E-state index in [1.165, 1.54) is 47.3 Å². The number of hydrogen-bond acceptors (Lipinski definition) is 8. The van der Waals surface area contributed by atoms with Crippen LogP contribution in [-0.4, -0.2) is 61.0 Å². The summed E-state index contributed by atoms with van der Waals surface area (Å²) in [6, 6.07) is 13.3. The van der Waals surface area contributed by atoms with E-state index in [2.05, 4.69) is 30.1 Å². The van der Waals surface area contributed by atoms with Crippen molar-refractivity contribution in [1.82, 2.24) is 25.0 Å². The number of halogens is 3. The van der Waals surface area contributed by atoms with Crippen molar-refractivity contribution < 1.29 is 18.3 Å². The zero-order valence-electron chi connectivity index (χ0n) is 21.5. The Balaban J connectivity index is 1.31. The molecule has 4 aromatic rings. The summed E-state index contributed by atoms with van der Waals surface area (Å²) in [6.45, 7) is 6.39. The molecule has 2 aromatic carbocycles. The van der Waals surface area contributed by atoms with Gasteiger partial charge in [0.1, 0.15) is 40.7 Å². The Morgan fingerprint density at radius 2 is 1.56 bits per heavy atom. The van der Waals surface area contributed by atoms with Gasteiger partial charge in [0.2, 0.25) is 0 Å². The standard InChI is InChI=1S/C27H28F3N7OS/c1-26(2,27(38,16-37-18-31-17-32-37)22-8-5-20(29)15-23(22)30)39-25-10-9-24(33-34-25)36-13-11-35(12-14-36)21-6-3-19(28)4-7-21/h3-10,15,17-18,38H,11-14,16H2,1-2H3. The Hall–Kier alpha value is -3.64. The van der Waals surface area contributed by atoms with Gasteiger partial charge < -0.3 is 14.9 Å². The molecule has 1 atom stereocenters. The average Bonchev–Trinajstić information content (AvgIpc) is 3.42. The van der Waals surface area contributed by atoms with Crippen molar-refractivity contribution in [3.05, 3.63) is 90.3 Å². The van der Waals surface area contributed by atoms with Crippen molar-refractivity contribution in [2.24, 2.45) is 0 Å². The second kappa shape index (κ2) is 10.9. The van der Waals surface area contributed by atoms with Gasteiger partial charge in [-0.15, -0.1) is 10.2 Å². The fourth-order valence-corrected chi connectivity index (χ4v) is 5.79. The molecule has 3 heterocycles. The van der Waals surface area contributed by atoms with Crippen LogP contribution < -0.4 is 9.80 Å². The van der Waals surface area contributed by atoms with Crippen LogP contribution >= 0.6 is 11.8 Å². The number of aromatic nitrogens is 5. The number of aliphatic hydroxyl groups is 1. The Kier molecular flexibility index (Phi) is 7.50. The highest BCUT2D eigenvalue weighted by atomic mass is 32.2. The van der Waals surface area contributed by atoms with Gasteiger partial charge in [0, 0.05) is 43.5 Å². The molecule has 1 unspecified atom stereocenters. The highest BCUT2D eigenvalue weighted by Gasteiger charge is 2.48. The van der Waals surface area contributed by atoms with Gasteiger partial charge in [-0.05, 0) is 56.3 Å². The van der Waals surface area contributed by atoms with Crippen molar-refractivity contribution in [2.45, 2.75) is 35.8 Å². The van der Waals surface area contributed by atoms with Crippen LogP contribution in [0, 0.1) is 17.5 Å². The third-order valence-electron chi connectivity index (χ3n) is 7.01. The molecule has 8 nitrogen and oxygen atoms in total. The molecular weight excluding hydrogens is 527 g/mol. The summed E-state index contributed by atoms with van der Waals surface area (Å²) in [5, 5.41) is 25.4. The summed E-state index contributed by atoms with van der Waals surface area (Å²) in [6.07, 6.45) is 2.75. The molecule has 12 heteroatoms. The molecule has 204 valence electrons. The van der Waals surface area contributed by atoms with Gasteiger partial charge in [-0.2, -0.15) is 5.10 Å². The highest BCUT2D eigenvalue weighted by molar-refractivity contribution is 8.00. The Labute approximate surface area is 228 Å². The third-order valence-corrected chi connectivity index (χ3v) is 8.29. The molecule has 1 aliphatic rings. The molecule has 0 amide bonds. The van der Waals surface area contributed by atoms with Gasteiger partial charge in [0.25, 0.3) is 0 Å². The van der Waals surface area contributed by atoms with Crippen LogP contribution in [0.25, 0.3) is 0 Å². The van der Waals surface area contributed by atoms with Crippen molar-refractivity contribution in [3.8, 4) is 0 Å². The van der Waals surface area contributed by atoms with Gasteiger partial charge in [-0.1, -0.05) is 17.8 Å². The summed E-state index contributed by atoms with van der Waals surface area (Å²) >= 11 is 1.23. The maximum atomic E-state index is 14.9. The number of rotatable bonds is 8. The molecule has 1 fully saturated rings. The van der Waals surface area contributed by atoms with Crippen LogP contribution in [0.5, 0.6) is 0 Å². The normalized spacial score (nSPS) is 15.8. The molecule has 0 spiro atoms. The first-order chi connectivity index (χ1) is 18.6. The lowest BCUT2D eigenvalue weighted by Gasteiger charge is -2.42. The second-order valence-electron chi connectivity index (χ2n) is 9.87. The Morgan fingerprint density at radius 1 is 0.872 bits per heavy atom. The van der Waals surface area contributed by atoms with E-state index < -0.39 is 22.0 Å². The van der Waals surface area contributed by atoms with E-state index in [1.54, 1.807) is 26.0 Å². The van der Waals surface area contributed by atoms with E-state index in [1.807, 2.05) is 12.1 Å². The maximum Gasteiger partial charge on any atom is 0.151 e. The van der Waals surface area contributed by atoms with Crippen molar-refractivity contribution in [2.75, 3.05) is 36.0 Å². The molecule has 0 radical (unpaired) electrons. The van der Waals surface area contributed by atoms with Crippen LogP contribution in [0.3, 0.4) is 0 Å². The van der Waals surface area contributed by atoms with Crippen LogP contribution in [0.4, 0.5) is 24.7 Å². The van der Waals surface area contributed by atoms with Gasteiger partial charge in [-0.25, -0.2) is 22.8 Å². The van der Waals surface area contributed by atoms with Gasteiger partial charge >= 0.3 is 0 Å².